The number of carbonyl (C=O) groups excluding carboxylic acids is 1. The number of nitrogens with zero attached hydrogens (tertiary/aromatic N) is 4. The van der Waals surface area contributed by atoms with Crippen LogP contribution < -0.4 is 5.32 Å². The third-order valence-electron chi connectivity index (χ3n) is 6.84. The second-order valence-corrected chi connectivity index (χ2v) is 11.2. The zero-order chi connectivity index (χ0) is 29.0. The summed E-state index contributed by atoms with van der Waals surface area (Å²) in [6.45, 7) is -0.513. The lowest BCUT2D eigenvalue weighted by Gasteiger charge is -2.29. The Balaban J connectivity index is 1.37. The van der Waals surface area contributed by atoms with Gasteiger partial charge in [-0.05, 0) is 37.1 Å². The lowest BCUT2D eigenvalue weighted by atomic mass is 10.1. The summed E-state index contributed by atoms with van der Waals surface area (Å²) in [7, 11) is -4.65. The van der Waals surface area contributed by atoms with E-state index in [1.807, 2.05) is 0 Å². The van der Waals surface area contributed by atoms with Crippen molar-refractivity contribution in [2.75, 3.05) is 0 Å². The van der Waals surface area contributed by atoms with Gasteiger partial charge in [0.1, 0.15) is 18.0 Å². The molecule has 5 rings (SSSR count). The molecule has 2 aromatic heterocycles. The highest BCUT2D eigenvalue weighted by Gasteiger charge is 2.67. The molecule has 1 aliphatic heterocycles. The summed E-state index contributed by atoms with van der Waals surface area (Å²) in [6.07, 6.45) is -4.33. The van der Waals surface area contributed by atoms with E-state index in [2.05, 4.69) is 20.3 Å². The third-order valence-corrected chi connectivity index (χ3v) is 8.82. The molecule has 212 valence electrons. The summed E-state index contributed by atoms with van der Waals surface area (Å²) >= 11 is 0. The summed E-state index contributed by atoms with van der Waals surface area (Å²) in [5, 5.41) is 2.36. The van der Waals surface area contributed by atoms with E-state index in [1.54, 1.807) is 0 Å². The van der Waals surface area contributed by atoms with Gasteiger partial charge in [0.2, 0.25) is 21.8 Å². The van der Waals surface area contributed by atoms with Gasteiger partial charge >= 0.3 is 6.18 Å². The minimum atomic E-state index is -4.77. The van der Waals surface area contributed by atoms with Crippen molar-refractivity contribution in [2.24, 2.45) is 0 Å². The molecule has 1 aromatic carbocycles. The monoisotopic (exact) mass is 589 g/mol. The van der Waals surface area contributed by atoms with Gasteiger partial charge in [-0.15, -0.1) is 0 Å². The van der Waals surface area contributed by atoms with E-state index in [9.17, 15) is 39.6 Å². The number of sulfonamides is 1. The molecule has 3 heterocycles. The largest absolute Gasteiger partial charge is 0.451 e. The lowest BCUT2D eigenvalue weighted by molar-refractivity contribution is -0.145. The molecule has 1 saturated carbocycles. The van der Waals surface area contributed by atoms with E-state index in [0.29, 0.717) is 16.4 Å². The van der Waals surface area contributed by atoms with Crippen molar-refractivity contribution >= 4 is 15.9 Å². The number of benzene rings is 1. The van der Waals surface area contributed by atoms with E-state index in [-0.39, 0.29) is 29.7 Å². The van der Waals surface area contributed by atoms with Crippen molar-refractivity contribution in [3.63, 3.8) is 0 Å². The number of nitrogens with one attached hydrogen (secondary N) is 1. The quantitative estimate of drug-likeness (QED) is 0.437. The smallest absolute Gasteiger partial charge is 0.351 e. The molecule has 8 nitrogen and oxygen atoms in total. The van der Waals surface area contributed by atoms with Crippen molar-refractivity contribution in [1.82, 2.24) is 24.6 Å². The third kappa shape index (κ3) is 4.89. The Labute approximate surface area is 222 Å². The molecule has 0 bridgehead atoms. The van der Waals surface area contributed by atoms with E-state index < -0.39 is 81.0 Å². The molecule has 0 radical (unpaired) electrons. The van der Waals surface area contributed by atoms with Crippen molar-refractivity contribution in [3.05, 3.63) is 71.7 Å². The van der Waals surface area contributed by atoms with Gasteiger partial charge in [0.15, 0.2) is 11.6 Å². The first-order chi connectivity index (χ1) is 18.7. The average molecular weight is 589 g/mol. The normalized spacial score (nSPS) is 20.6. The predicted molar refractivity (Wildman–Crippen MR) is 123 cm³/mol. The lowest BCUT2D eigenvalue weighted by Crippen LogP contribution is -2.50. The van der Waals surface area contributed by atoms with Crippen LogP contribution >= 0.6 is 0 Å². The second kappa shape index (κ2) is 9.76. The molecule has 40 heavy (non-hydrogen) atoms. The van der Waals surface area contributed by atoms with Crippen molar-refractivity contribution < 1.29 is 43.9 Å². The average Bonchev–Trinajstić information content (AvgIpc) is 3.63. The van der Waals surface area contributed by atoms with Gasteiger partial charge in [-0.25, -0.2) is 35.9 Å². The maximum absolute atomic E-state index is 15.0. The van der Waals surface area contributed by atoms with Crippen molar-refractivity contribution in [2.45, 2.75) is 54.6 Å². The summed E-state index contributed by atoms with van der Waals surface area (Å²) in [5.41, 5.74) is -1.66. The van der Waals surface area contributed by atoms with Gasteiger partial charge in [-0.2, -0.15) is 17.5 Å². The van der Waals surface area contributed by atoms with E-state index in [0.717, 1.165) is 30.7 Å². The van der Waals surface area contributed by atoms with E-state index in [4.69, 9.17) is 0 Å². The highest BCUT2D eigenvalue weighted by molar-refractivity contribution is 7.89. The highest BCUT2D eigenvalue weighted by atomic mass is 32.2. The summed E-state index contributed by atoms with van der Waals surface area (Å²) in [6, 6.07) is 1.42. The molecular formula is C24H18F7N5O3S. The molecule has 2 atom stereocenters. The fraction of sp³-hybridized carbons (Fsp3) is 0.333. The maximum atomic E-state index is 15.0. The molecule has 2 aliphatic rings. The number of pyridine rings is 1. The number of halogens is 7. The van der Waals surface area contributed by atoms with Crippen LogP contribution in [-0.4, -0.2) is 51.3 Å². The fourth-order valence-electron chi connectivity index (χ4n) is 4.67. The van der Waals surface area contributed by atoms with Crippen molar-refractivity contribution in [3.8, 4) is 11.3 Å². The number of rotatable bonds is 6. The van der Waals surface area contributed by atoms with Gasteiger partial charge in [0.25, 0.3) is 0 Å². The van der Waals surface area contributed by atoms with Crippen LogP contribution in [0, 0.1) is 17.5 Å². The van der Waals surface area contributed by atoms with Gasteiger partial charge < -0.3 is 5.32 Å². The Bertz CT molecular complexity index is 1580. The second-order valence-electron chi connectivity index (χ2n) is 9.37. The highest BCUT2D eigenvalue weighted by Crippen LogP contribution is 2.55. The predicted octanol–water partition coefficient (Wildman–Crippen LogP) is 3.92. The first-order valence-corrected chi connectivity index (χ1v) is 13.1. The first-order valence-electron chi connectivity index (χ1n) is 11.7. The molecule has 1 aliphatic carbocycles. The summed E-state index contributed by atoms with van der Waals surface area (Å²) in [5.74, 6) is -5.97. The van der Waals surface area contributed by atoms with Crippen LogP contribution in [0.1, 0.15) is 30.7 Å². The van der Waals surface area contributed by atoms with Crippen LogP contribution in [-0.2, 0) is 27.5 Å². The molecule has 1 saturated heterocycles. The molecule has 0 unspecified atom stereocenters. The van der Waals surface area contributed by atoms with Crippen LogP contribution in [0.3, 0.4) is 0 Å². The Morgan fingerprint density at radius 3 is 2.27 bits per heavy atom. The maximum Gasteiger partial charge on any atom is 0.451 e. The summed E-state index contributed by atoms with van der Waals surface area (Å²) in [4.78, 5) is 22.7. The Hall–Kier alpha value is -3.66. The van der Waals surface area contributed by atoms with Gasteiger partial charge in [-0.1, -0.05) is 0 Å². The zero-order valence-electron chi connectivity index (χ0n) is 20.1. The van der Waals surface area contributed by atoms with Gasteiger partial charge in [-0.3, -0.25) is 9.78 Å². The van der Waals surface area contributed by atoms with Crippen LogP contribution in [0.2, 0.25) is 0 Å². The molecular weight excluding hydrogens is 571 g/mol. The fourth-order valence-corrected chi connectivity index (χ4v) is 6.69. The number of aromatic nitrogens is 3. The van der Waals surface area contributed by atoms with Crippen LogP contribution in [0.4, 0.5) is 30.7 Å². The van der Waals surface area contributed by atoms with Crippen LogP contribution in [0.15, 0.2) is 47.8 Å². The van der Waals surface area contributed by atoms with E-state index >= 15 is 4.39 Å². The number of amides is 1. The van der Waals surface area contributed by atoms with Gasteiger partial charge in [0.05, 0.1) is 22.3 Å². The van der Waals surface area contributed by atoms with Crippen LogP contribution in [0.5, 0.6) is 0 Å². The Morgan fingerprint density at radius 1 is 1.00 bits per heavy atom. The SMILES string of the molecule is O=C(NCc1cc(-c2cnc(C(F)(F)F)nc2)ncc1F)[C@@H]1C[C@@H](F)C2(CC2)N1S(=O)(=O)c1ccc(F)c(F)c1. The van der Waals surface area contributed by atoms with Crippen LogP contribution in [0.25, 0.3) is 11.3 Å². The Kier molecular flexibility index (Phi) is 6.81. The van der Waals surface area contributed by atoms with E-state index in [1.165, 1.54) is 0 Å². The van der Waals surface area contributed by atoms with Crippen molar-refractivity contribution in [1.29, 1.82) is 0 Å². The number of alkyl halides is 4. The first kappa shape index (κ1) is 27.9. The molecule has 1 amide bonds. The molecule has 1 spiro atoms. The molecule has 16 heteroatoms. The minimum absolute atomic E-state index is 0.0106. The number of hydrogen-bond donors (Lipinski definition) is 1. The summed E-state index contributed by atoms with van der Waals surface area (Å²) < 4.78 is 122. The molecule has 3 aromatic rings. The Morgan fingerprint density at radius 2 is 1.68 bits per heavy atom. The van der Waals surface area contributed by atoms with Gasteiger partial charge in [0, 0.05) is 36.5 Å². The number of hydrogen-bond acceptors (Lipinski definition) is 6. The molecule has 2 fully saturated rings. The topological polar surface area (TPSA) is 105 Å². The standard InChI is InChI=1S/C24H18F7N5O3S/c25-15-2-1-14(6-16(15)26)40(38,39)36-19(7-20(28)23(36)3-4-23)21(37)33-8-12-5-18(32-11-17(12)27)13-9-34-22(35-10-13)24(29,30)31/h1-2,5-6,9-11,19-20H,3-4,7-8H2,(H,33,37)/t19-,20+/m0/s1. The minimum Gasteiger partial charge on any atom is -0.351 e. The number of carbonyl (C=O) groups is 1. The molecule has 1 N–H and O–H groups in total. The zero-order valence-corrected chi connectivity index (χ0v) is 20.9.